The van der Waals surface area contributed by atoms with Crippen LogP contribution in [0.15, 0.2) is 190 Å². The fourth-order valence-electron chi connectivity index (χ4n) is 8.87. The molecule has 356 valence electrons. The Balaban J connectivity index is 0.00000391. The molecule has 2 heterocycles. The van der Waals surface area contributed by atoms with Crippen molar-refractivity contribution in [2.75, 3.05) is 13.1 Å². The number of para-hydroxylation sites is 2. The van der Waals surface area contributed by atoms with Crippen molar-refractivity contribution in [3.05, 3.63) is 203 Å². The average Bonchev–Trinajstić information content (AvgIpc) is 4.03. The molecule has 4 atom stereocenters. The van der Waals surface area contributed by atoms with Crippen LogP contribution in [-0.4, -0.2) is 82.2 Å². The normalized spacial score (nSPS) is 17.9. The van der Waals surface area contributed by atoms with Crippen molar-refractivity contribution in [3.8, 4) is 0 Å². The summed E-state index contributed by atoms with van der Waals surface area (Å²) in [5, 5.41) is 54.2. The zero-order valence-electron chi connectivity index (χ0n) is 37.6. The summed E-state index contributed by atoms with van der Waals surface area (Å²) >= 11 is 0. The van der Waals surface area contributed by atoms with Gasteiger partial charge in [-0.2, -0.15) is 0 Å². The fourth-order valence-corrected chi connectivity index (χ4v) is 8.87. The van der Waals surface area contributed by atoms with Crippen LogP contribution in [0.1, 0.15) is 65.5 Å². The average molecular weight is 1010 g/mol. The molecule has 6 aromatic rings. The van der Waals surface area contributed by atoms with Crippen molar-refractivity contribution in [2.45, 2.75) is 69.4 Å². The quantitative estimate of drug-likeness (QED) is 0.0669. The predicted molar refractivity (Wildman–Crippen MR) is 253 cm³/mol. The topological polar surface area (TPSA) is 182 Å². The minimum atomic E-state index is -1.75. The molecule has 0 aliphatic carbocycles. The van der Waals surface area contributed by atoms with E-state index in [1.165, 1.54) is 0 Å². The molecule has 0 amide bonds. The number of carboxylic acids is 2. The van der Waals surface area contributed by atoms with Gasteiger partial charge in [0.2, 0.25) is 0 Å². The first-order valence-corrected chi connectivity index (χ1v) is 22.7. The smallest absolute Gasteiger partial charge is 0.861 e. The van der Waals surface area contributed by atoms with E-state index < -0.39 is 42.5 Å². The predicted octanol–water partition coefficient (Wildman–Crippen LogP) is 4.79. The zero-order chi connectivity index (χ0) is 46.5. The Hall–Kier alpha value is -6.55. The monoisotopic (exact) mass is 1010 g/mol. The van der Waals surface area contributed by atoms with E-state index in [1.54, 1.807) is 109 Å². The van der Waals surface area contributed by atoms with Crippen LogP contribution >= 0.6 is 0 Å². The first kappa shape index (κ1) is 51.8. The van der Waals surface area contributed by atoms with E-state index in [0.29, 0.717) is 48.2 Å². The van der Waals surface area contributed by atoms with E-state index in [2.05, 4.69) is 19.8 Å². The molecule has 2 aliphatic rings. The molecule has 0 radical (unpaired) electrons. The Morgan fingerprint density at radius 3 is 1.17 bits per heavy atom. The van der Waals surface area contributed by atoms with E-state index in [0.717, 1.165) is 37.1 Å². The summed E-state index contributed by atoms with van der Waals surface area (Å²) in [7, 11) is 0. The Morgan fingerprint density at radius 2 is 0.812 bits per heavy atom. The number of hydrogen-bond donors (Lipinski definition) is 0. The molecule has 2 aliphatic heterocycles. The maximum atomic E-state index is 14.0. The number of aliphatic carboxylic acids is 2. The summed E-state index contributed by atoms with van der Waals surface area (Å²) in [5.41, 5.74) is 4.88. The number of likely N-dealkylation sites (tertiary alicyclic amines) is 2. The van der Waals surface area contributed by atoms with Gasteiger partial charge in [-0.25, -0.2) is 0 Å². The summed E-state index contributed by atoms with van der Waals surface area (Å²) in [5.74, 6) is -3.93. The van der Waals surface area contributed by atoms with Gasteiger partial charge >= 0.3 is 33.0 Å². The molecular weight excluding hydrogens is 958 g/mol. The van der Waals surface area contributed by atoms with Gasteiger partial charge in [-0.15, -0.1) is 0 Å². The van der Waals surface area contributed by atoms with Gasteiger partial charge in [0.15, 0.2) is 0 Å². The van der Waals surface area contributed by atoms with Crippen LogP contribution in [0.5, 0.6) is 0 Å². The van der Waals surface area contributed by atoms with Gasteiger partial charge in [0, 0.05) is 53.8 Å². The van der Waals surface area contributed by atoms with Gasteiger partial charge in [0.1, 0.15) is 0 Å². The molecule has 0 bridgehead atoms. The Labute approximate surface area is 422 Å². The standard InChI is InChI=1S/C55H54N6O6.2Ni/c62-52(48-31-17-33-60(48)36-38-19-5-1-6-20-38)58-44-29-15-13-27-42(44)50(40-23-9-3-10-24-40)56-46(54(64)65)35-47(55(66)67)57-51(41-25-11-4-12-26-41)43-28-14-16-30-45(43)59-53(63)49-32-18-34-61(49)37-39-21-7-2-8-22-39;;/h1-16,19-30,46-49H,17-18,31-37H2,(H,58,62)(H,59,63)(H,64,65)(H,66,67);;/q;2*+2/p-4/t46-,47-,48-,49-;;/m0../s1. The maximum absolute atomic E-state index is 14.0. The molecule has 6 aromatic carbocycles. The van der Waals surface area contributed by atoms with E-state index in [9.17, 15) is 30.0 Å². The number of aliphatic imine (C=N–C) groups is 4. The third-order valence-corrected chi connectivity index (χ3v) is 12.2. The van der Waals surface area contributed by atoms with Crippen molar-refractivity contribution in [3.63, 3.8) is 0 Å². The Kier molecular flexibility index (Phi) is 18.9. The van der Waals surface area contributed by atoms with Gasteiger partial charge in [0.25, 0.3) is 0 Å². The van der Waals surface area contributed by atoms with Gasteiger partial charge in [-0.05, 0) is 73.8 Å². The minimum Gasteiger partial charge on any atom is -0.861 e. The summed E-state index contributed by atoms with van der Waals surface area (Å²) in [6.45, 7) is 2.68. The molecule has 14 heteroatoms. The first-order chi connectivity index (χ1) is 32.7. The maximum Gasteiger partial charge on any atom is 2.00 e. The molecule has 2 fully saturated rings. The van der Waals surface area contributed by atoms with Gasteiger partial charge < -0.3 is 30.0 Å². The van der Waals surface area contributed by atoms with Gasteiger partial charge in [0.05, 0.1) is 46.8 Å². The Morgan fingerprint density at radius 1 is 0.478 bits per heavy atom. The van der Waals surface area contributed by atoms with Crippen LogP contribution in [0.2, 0.25) is 0 Å². The van der Waals surface area contributed by atoms with Crippen molar-refractivity contribution in [1.82, 2.24) is 9.80 Å². The number of carbonyl (C=O) groups is 2. The number of nitrogens with zero attached hydrogens (tertiary/aromatic N) is 6. The van der Waals surface area contributed by atoms with E-state index >= 15 is 0 Å². The van der Waals surface area contributed by atoms with Crippen LogP contribution in [0.3, 0.4) is 0 Å². The molecule has 0 N–H and O–H groups in total. The molecule has 0 saturated carbocycles. The molecule has 8 rings (SSSR count). The second-order valence-electron chi connectivity index (χ2n) is 16.8. The molecular formula is C55H50N6Ni2O6. The Bertz CT molecular complexity index is 2570. The third-order valence-electron chi connectivity index (χ3n) is 12.2. The van der Waals surface area contributed by atoms with Crippen molar-refractivity contribution < 1.29 is 63.0 Å². The SMILES string of the molecule is O=C([O-])[C@H](C[C@H](N=C(c1ccccc1)c1ccccc1N=C([O-])[C@@H]1CCCN1Cc1ccccc1)C(=O)[O-])N=C(c1ccccc1)c1ccccc1N=C([O-])[C@@H]1CCCN1Cc1ccccc1.[Ni+2].[Ni+2]. The van der Waals surface area contributed by atoms with Crippen LogP contribution in [-0.2, 0) is 55.7 Å². The van der Waals surface area contributed by atoms with E-state index in [1.807, 2.05) is 60.7 Å². The van der Waals surface area contributed by atoms with E-state index in [4.69, 9.17) is 9.98 Å². The minimum absolute atomic E-state index is 0. The van der Waals surface area contributed by atoms with Crippen molar-refractivity contribution >= 4 is 46.5 Å². The molecule has 0 aromatic heterocycles. The number of benzene rings is 6. The summed E-state index contributed by atoms with van der Waals surface area (Å²) in [6, 6.07) is 46.9. The third kappa shape index (κ3) is 13.4. The number of carboxylic acid groups (broad SMARTS) is 2. The number of rotatable bonds is 18. The zero-order valence-corrected chi connectivity index (χ0v) is 39.6. The van der Waals surface area contributed by atoms with Gasteiger partial charge in [-0.3, -0.25) is 29.8 Å². The fraction of sp³-hybridized carbons (Fsp3) is 0.236. The van der Waals surface area contributed by atoms with Crippen LogP contribution in [0, 0.1) is 0 Å². The molecule has 69 heavy (non-hydrogen) atoms. The summed E-state index contributed by atoms with van der Waals surface area (Å²) < 4.78 is 0. The summed E-state index contributed by atoms with van der Waals surface area (Å²) in [4.78, 5) is 49.1. The summed E-state index contributed by atoms with van der Waals surface area (Å²) in [6.07, 6.45) is 2.31. The molecule has 0 unspecified atom stereocenters. The molecule has 12 nitrogen and oxygen atoms in total. The molecule has 2 saturated heterocycles. The second-order valence-corrected chi connectivity index (χ2v) is 16.8. The van der Waals surface area contributed by atoms with Crippen molar-refractivity contribution in [1.29, 1.82) is 0 Å². The van der Waals surface area contributed by atoms with E-state index in [-0.39, 0.29) is 67.6 Å². The van der Waals surface area contributed by atoms with Crippen molar-refractivity contribution in [2.24, 2.45) is 20.0 Å². The number of carbonyl (C=O) groups excluding carboxylic acids is 2. The van der Waals surface area contributed by atoms with Crippen LogP contribution in [0.25, 0.3) is 0 Å². The first-order valence-electron chi connectivity index (χ1n) is 22.7. The molecule has 0 spiro atoms. The van der Waals surface area contributed by atoms with Crippen LogP contribution in [0.4, 0.5) is 11.4 Å². The van der Waals surface area contributed by atoms with Gasteiger partial charge in [-0.1, -0.05) is 158 Å². The number of hydrogen-bond acceptors (Lipinski definition) is 12. The van der Waals surface area contributed by atoms with Crippen LogP contribution < -0.4 is 20.4 Å². The largest absolute Gasteiger partial charge is 2.00 e. The second kappa shape index (κ2) is 25.2.